The number of rotatable bonds is 6. The maximum absolute atomic E-state index is 14.1. The molecule has 6 rings (SSSR count). The van der Waals surface area contributed by atoms with E-state index >= 15 is 0 Å². The van der Waals surface area contributed by atoms with Gasteiger partial charge in [-0.2, -0.15) is 0 Å². The van der Waals surface area contributed by atoms with Crippen molar-refractivity contribution in [3.63, 3.8) is 0 Å². The van der Waals surface area contributed by atoms with Gasteiger partial charge >= 0.3 is 0 Å². The van der Waals surface area contributed by atoms with Crippen molar-refractivity contribution in [1.29, 1.82) is 0 Å². The summed E-state index contributed by atoms with van der Waals surface area (Å²) in [4.78, 5) is 20.7. The average Bonchev–Trinajstić information content (AvgIpc) is 3.65. The molecule has 1 saturated heterocycles. The Morgan fingerprint density at radius 2 is 1.85 bits per heavy atom. The van der Waals surface area contributed by atoms with Crippen molar-refractivity contribution in [2.24, 2.45) is 0 Å². The predicted octanol–water partition coefficient (Wildman–Crippen LogP) is 4.39. The fraction of sp³-hybridized carbons (Fsp3) is 0.280. The molecule has 0 atom stereocenters. The van der Waals surface area contributed by atoms with Gasteiger partial charge in [0.15, 0.2) is 5.82 Å². The van der Waals surface area contributed by atoms with Crippen molar-refractivity contribution < 1.29 is 8.78 Å². The highest BCUT2D eigenvalue weighted by Gasteiger charge is 2.31. The monoisotopic (exact) mass is 459 g/mol. The summed E-state index contributed by atoms with van der Waals surface area (Å²) in [6, 6.07) is 7.55. The normalized spacial score (nSPS) is 15.9. The SMILES string of the molecule is CN(c1nc(-c2ccnc(Nc3c(F)cccc3F)c2)nc2cncc(C3CC3)c12)C1CNC1. The van der Waals surface area contributed by atoms with Crippen LogP contribution >= 0.6 is 0 Å². The molecule has 0 unspecified atom stereocenters. The zero-order valence-corrected chi connectivity index (χ0v) is 18.6. The molecule has 172 valence electrons. The molecule has 3 aromatic heterocycles. The number of likely N-dealkylation sites (N-methyl/N-ethyl adjacent to an activating group) is 1. The van der Waals surface area contributed by atoms with Crippen molar-refractivity contribution in [2.45, 2.75) is 24.8 Å². The quantitative estimate of drug-likeness (QED) is 0.443. The van der Waals surface area contributed by atoms with Crippen LogP contribution in [-0.2, 0) is 0 Å². The highest BCUT2D eigenvalue weighted by molar-refractivity contribution is 5.94. The Morgan fingerprint density at radius 3 is 2.56 bits per heavy atom. The number of pyridine rings is 2. The molecular formula is C25H23F2N7. The van der Waals surface area contributed by atoms with Crippen molar-refractivity contribution in [3.8, 4) is 11.4 Å². The molecule has 34 heavy (non-hydrogen) atoms. The van der Waals surface area contributed by atoms with E-state index in [0.717, 1.165) is 42.7 Å². The van der Waals surface area contributed by atoms with Gasteiger partial charge in [-0.05, 0) is 48.6 Å². The Morgan fingerprint density at radius 1 is 1.06 bits per heavy atom. The van der Waals surface area contributed by atoms with Crippen LogP contribution in [0.1, 0.15) is 24.3 Å². The molecule has 1 saturated carbocycles. The van der Waals surface area contributed by atoms with Crippen LogP contribution in [-0.4, -0.2) is 46.1 Å². The Kier molecular flexibility index (Phi) is 5.06. The number of benzene rings is 1. The number of para-hydroxylation sites is 1. The topological polar surface area (TPSA) is 78.9 Å². The largest absolute Gasteiger partial charge is 0.353 e. The number of nitrogens with one attached hydrogen (secondary N) is 2. The van der Waals surface area contributed by atoms with Crippen LogP contribution in [0, 0.1) is 11.6 Å². The van der Waals surface area contributed by atoms with Gasteiger partial charge in [0.1, 0.15) is 29.0 Å². The highest BCUT2D eigenvalue weighted by Crippen LogP contribution is 2.45. The van der Waals surface area contributed by atoms with E-state index in [9.17, 15) is 8.78 Å². The highest BCUT2D eigenvalue weighted by atomic mass is 19.1. The molecule has 4 aromatic rings. The van der Waals surface area contributed by atoms with Crippen LogP contribution in [0.2, 0.25) is 0 Å². The molecule has 1 aliphatic carbocycles. The van der Waals surface area contributed by atoms with E-state index in [0.29, 0.717) is 29.2 Å². The van der Waals surface area contributed by atoms with Crippen LogP contribution < -0.4 is 15.5 Å². The van der Waals surface area contributed by atoms with Gasteiger partial charge in [-0.1, -0.05) is 6.07 Å². The first-order valence-corrected chi connectivity index (χ1v) is 11.3. The third-order valence-electron chi connectivity index (χ3n) is 6.51. The molecular weight excluding hydrogens is 436 g/mol. The minimum Gasteiger partial charge on any atom is -0.353 e. The lowest BCUT2D eigenvalue weighted by Crippen LogP contribution is -2.56. The molecule has 0 spiro atoms. The van der Waals surface area contributed by atoms with Gasteiger partial charge in [0.05, 0.1) is 17.8 Å². The predicted molar refractivity (Wildman–Crippen MR) is 127 cm³/mol. The zero-order valence-electron chi connectivity index (χ0n) is 18.6. The fourth-order valence-electron chi connectivity index (χ4n) is 4.28. The van der Waals surface area contributed by atoms with E-state index in [1.165, 1.54) is 23.8 Å². The molecule has 4 heterocycles. The van der Waals surface area contributed by atoms with Crippen molar-refractivity contribution >= 4 is 28.2 Å². The van der Waals surface area contributed by atoms with Crippen LogP contribution in [0.4, 0.5) is 26.1 Å². The summed E-state index contributed by atoms with van der Waals surface area (Å²) in [6.45, 7) is 1.80. The minimum atomic E-state index is -0.689. The van der Waals surface area contributed by atoms with Gasteiger partial charge in [0.2, 0.25) is 0 Å². The molecule has 2 aliphatic rings. The van der Waals surface area contributed by atoms with Gasteiger partial charge < -0.3 is 15.5 Å². The van der Waals surface area contributed by atoms with E-state index in [2.05, 4.69) is 32.5 Å². The van der Waals surface area contributed by atoms with Gasteiger partial charge in [0.25, 0.3) is 0 Å². The van der Waals surface area contributed by atoms with E-state index < -0.39 is 11.6 Å². The third kappa shape index (κ3) is 3.71. The van der Waals surface area contributed by atoms with E-state index in [4.69, 9.17) is 9.97 Å². The summed E-state index contributed by atoms with van der Waals surface area (Å²) >= 11 is 0. The Balaban J connectivity index is 1.44. The minimum absolute atomic E-state index is 0.247. The fourth-order valence-corrected chi connectivity index (χ4v) is 4.28. The Bertz CT molecular complexity index is 1370. The standard InChI is InChI=1S/C25H23F2N7/c1-34(16-10-28-11-16)25-22-17(14-5-6-14)12-29-13-20(22)31-24(33-25)15-7-8-30-21(9-15)32-23-18(26)3-2-4-19(23)27/h2-4,7-9,12-14,16,28H,5-6,10-11H2,1H3,(H,30,32). The maximum Gasteiger partial charge on any atom is 0.162 e. The second-order valence-electron chi connectivity index (χ2n) is 8.84. The summed E-state index contributed by atoms with van der Waals surface area (Å²) in [5, 5.41) is 7.12. The number of halogens is 2. The van der Waals surface area contributed by atoms with Gasteiger partial charge in [-0.15, -0.1) is 0 Å². The lowest BCUT2D eigenvalue weighted by molar-refractivity contribution is 0.427. The van der Waals surface area contributed by atoms with Crippen molar-refractivity contribution in [2.75, 3.05) is 30.4 Å². The number of anilines is 3. The van der Waals surface area contributed by atoms with Crippen LogP contribution in [0.15, 0.2) is 48.9 Å². The van der Waals surface area contributed by atoms with Gasteiger partial charge in [-0.3, -0.25) is 4.98 Å². The average molecular weight is 460 g/mol. The van der Waals surface area contributed by atoms with Gasteiger partial charge in [-0.25, -0.2) is 23.7 Å². The van der Waals surface area contributed by atoms with Crippen molar-refractivity contribution in [3.05, 3.63) is 66.1 Å². The summed E-state index contributed by atoms with van der Waals surface area (Å²) in [5.41, 5.74) is 2.43. The summed E-state index contributed by atoms with van der Waals surface area (Å²) in [7, 11) is 2.06. The number of nitrogens with zero attached hydrogens (tertiary/aromatic N) is 5. The lowest BCUT2D eigenvalue weighted by Gasteiger charge is -2.37. The van der Waals surface area contributed by atoms with Crippen LogP contribution in [0.5, 0.6) is 0 Å². The second kappa shape index (κ2) is 8.25. The number of aromatic nitrogens is 4. The number of hydrogen-bond donors (Lipinski definition) is 2. The third-order valence-corrected chi connectivity index (χ3v) is 6.51. The first-order valence-electron chi connectivity index (χ1n) is 11.3. The van der Waals surface area contributed by atoms with Crippen LogP contribution in [0.3, 0.4) is 0 Å². The lowest BCUT2D eigenvalue weighted by atomic mass is 10.1. The number of hydrogen-bond acceptors (Lipinski definition) is 7. The summed E-state index contributed by atoms with van der Waals surface area (Å²) in [6.07, 6.45) is 7.60. The zero-order chi connectivity index (χ0) is 23.2. The van der Waals surface area contributed by atoms with Crippen LogP contribution in [0.25, 0.3) is 22.3 Å². The smallest absolute Gasteiger partial charge is 0.162 e. The first-order chi connectivity index (χ1) is 16.6. The summed E-state index contributed by atoms with van der Waals surface area (Å²) in [5.74, 6) is 0.813. The molecule has 0 radical (unpaired) electrons. The molecule has 2 N–H and O–H groups in total. The molecule has 7 nitrogen and oxygen atoms in total. The Labute approximate surface area is 195 Å². The first kappa shape index (κ1) is 20.9. The maximum atomic E-state index is 14.1. The molecule has 0 amide bonds. The van der Waals surface area contributed by atoms with E-state index in [1.54, 1.807) is 24.5 Å². The van der Waals surface area contributed by atoms with E-state index in [1.807, 2.05) is 6.20 Å². The molecule has 0 bridgehead atoms. The molecule has 2 fully saturated rings. The van der Waals surface area contributed by atoms with Gasteiger partial charge in [0, 0.05) is 43.5 Å². The Hall–Kier alpha value is -3.72. The number of fused-ring (bicyclic) bond motifs is 1. The van der Waals surface area contributed by atoms with Crippen molar-refractivity contribution in [1.82, 2.24) is 25.3 Å². The second-order valence-corrected chi connectivity index (χ2v) is 8.84. The van der Waals surface area contributed by atoms with E-state index in [-0.39, 0.29) is 5.69 Å². The summed E-state index contributed by atoms with van der Waals surface area (Å²) < 4.78 is 28.3. The molecule has 9 heteroatoms. The molecule has 1 aromatic carbocycles. The molecule has 1 aliphatic heterocycles.